The Bertz CT molecular complexity index is 941. The second-order valence-corrected chi connectivity index (χ2v) is 9.29. The van der Waals surface area contributed by atoms with E-state index in [1.165, 1.54) is 30.0 Å². The fourth-order valence-corrected chi connectivity index (χ4v) is 8.20. The van der Waals surface area contributed by atoms with E-state index in [1.807, 2.05) is 0 Å². The molecule has 1 nitrogen and oxygen atoms in total. The maximum atomic E-state index is 5.46. The molecule has 1 heteroatoms. The Labute approximate surface area is 149 Å². The van der Waals surface area contributed by atoms with Crippen molar-refractivity contribution in [1.29, 1.82) is 0 Å². The second-order valence-electron chi connectivity index (χ2n) is 9.29. The quantitative estimate of drug-likeness (QED) is 0.517. The summed E-state index contributed by atoms with van der Waals surface area (Å²) in [5.74, 6) is 8.57. The highest BCUT2D eigenvalue weighted by molar-refractivity contribution is 5.89. The summed E-state index contributed by atoms with van der Waals surface area (Å²) in [6.45, 7) is 0. The largest absolute Gasteiger partial charge is 0.497 e. The zero-order valence-electron chi connectivity index (χ0n) is 14.7. The molecule has 0 N–H and O–H groups in total. The summed E-state index contributed by atoms with van der Waals surface area (Å²) in [7, 11) is 1.77. The first-order valence-electron chi connectivity index (χ1n) is 10.1. The molecule has 0 heterocycles. The van der Waals surface area contributed by atoms with Gasteiger partial charge in [0, 0.05) is 0 Å². The van der Waals surface area contributed by atoms with Gasteiger partial charge < -0.3 is 4.74 Å². The SMILES string of the molecule is COc1ccc2c3c(ccc2c1)CC1C2CC(C31)C1C3C=CC(C3)C21. The van der Waals surface area contributed by atoms with Gasteiger partial charge >= 0.3 is 0 Å². The smallest absolute Gasteiger partial charge is 0.119 e. The Kier molecular flexibility index (Phi) is 2.32. The lowest BCUT2D eigenvalue weighted by atomic mass is 9.65. The van der Waals surface area contributed by atoms with Crippen molar-refractivity contribution in [2.24, 2.45) is 41.4 Å². The van der Waals surface area contributed by atoms with E-state index < -0.39 is 0 Å². The molecular weight excluding hydrogens is 304 g/mol. The maximum absolute atomic E-state index is 5.46. The number of methoxy groups -OCH3 is 1. The topological polar surface area (TPSA) is 9.23 Å². The van der Waals surface area contributed by atoms with Crippen molar-refractivity contribution in [2.45, 2.75) is 25.2 Å². The summed E-state index contributed by atoms with van der Waals surface area (Å²) >= 11 is 0. The fraction of sp³-hybridized carbons (Fsp3) is 0.500. The molecule has 8 unspecified atom stereocenters. The molecule has 2 aromatic carbocycles. The van der Waals surface area contributed by atoms with E-state index >= 15 is 0 Å². The normalized spacial score (nSPS) is 44.4. The van der Waals surface area contributed by atoms with Gasteiger partial charge in [0.1, 0.15) is 5.75 Å². The third-order valence-corrected chi connectivity index (χ3v) is 8.74. The summed E-state index contributed by atoms with van der Waals surface area (Å²) in [5.41, 5.74) is 3.38. The molecule has 2 aromatic rings. The lowest BCUT2D eigenvalue weighted by Crippen LogP contribution is -2.34. The molecule has 0 spiro atoms. The van der Waals surface area contributed by atoms with Crippen LogP contribution < -0.4 is 4.74 Å². The van der Waals surface area contributed by atoms with Crippen LogP contribution in [0.3, 0.4) is 0 Å². The van der Waals surface area contributed by atoms with Crippen LogP contribution in [0.1, 0.15) is 29.9 Å². The first kappa shape index (κ1) is 13.4. The van der Waals surface area contributed by atoms with Crippen molar-refractivity contribution < 1.29 is 4.74 Å². The van der Waals surface area contributed by atoms with Crippen molar-refractivity contribution in [3.05, 3.63) is 53.6 Å². The van der Waals surface area contributed by atoms with E-state index in [9.17, 15) is 0 Å². The van der Waals surface area contributed by atoms with Crippen molar-refractivity contribution in [2.75, 3.05) is 7.11 Å². The Morgan fingerprint density at radius 3 is 2.56 bits per heavy atom. The number of ether oxygens (including phenoxy) is 1. The minimum absolute atomic E-state index is 0.839. The molecule has 0 amide bonds. The van der Waals surface area contributed by atoms with Gasteiger partial charge in [-0.25, -0.2) is 0 Å². The van der Waals surface area contributed by atoms with Crippen LogP contribution in [0.15, 0.2) is 42.5 Å². The van der Waals surface area contributed by atoms with E-state index in [-0.39, 0.29) is 0 Å². The molecule has 126 valence electrons. The van der Waals surface area contributed by atoms with Crippen LogP contribution in [0.5, 0.6) is 5.75 Å². The predicted molar refractivity (Wildman–Crippen MR) is 99.7 cm³/mol. The zero-order valence-corrected chi connectivity index (χ0v) is 14.7. The summed E-state index contributed by atoms with van der Waals surface area (Å²) in [5, 5.41) is 2.87. The molecule has 0 radical (unpaired) electrons. The zero-order chi connectivity index (χ0) is 16.3. The lowest BCUT2D eigenvalue weighted by molar-refractivity contribution is 0.136. The summed E-state index contributed by atoms with van der Waals surface area (Å²) in [4.78, 5) is 0. The average molecular weight is 328 g/mol. The summed E-state index contributed by atoms with van der Waals surface area (Å²) < 4.78 is 5.46. The van der Waals surface area contributed by atoms with Gasteiger partial charge in [-0.15, -0.1) is 0 Å². The van der Waals surface area contributed by atoms with Crippen molar-refractivity contribution in [3.63, 3.8) is 0 Å². The number of rotatable bonds is 1. The number of hydrogen-bond acceptors (Lipinski definition) is 1. The number of allylic oxidation sites excluding steroid dienone is 2. The van der Waals surface area contributed by atoms with Gasteiger partial charge in [-0.3, -0.25) is 0 Å². The molecule has 0 aliphatic heterocycles. The Hall–Kier alpha value is -1.76. The van der Waals surface area contributed by atoms with Crippen LogP contribution >= 0.6 is 0 Å². The minimum Gasteiger partial charge on any atom is -0.497 e. The van der Waals surface area contributed by atoms with Gasteiger partial charge in [0.25, 0.3) is 0 Å². The first-order chi connectivity index (χ1) is 12.3. The third-order valence-electron chi connectivity index (χ3n) is 8.74. The number of hydrogen-bond donors (Lipinski definition) is 0. The van der Waals surface area contributed by atoms with Gasteiger partial charge in [0.2, 0.25) is 0 Å². The fourth-order valence-electron chi connectivity index (χ4n) is 8.20. The van der Waals surface area contributed by atoms with Crippen LogP contribution in [0.4, 0.5) is 0 Å². The van der Waals surface area contributed by atoms with Crippen LogP contribution in [-0.2, 0) is 6.42 Å². The van der Waals surface area contributed by atoms with Crippen LogP contribution in [0.25, 0.3) is 10.8 Å². The molecule has 3 fully saturated rings. The van der Waals surface area contributed by atoms with Crippen LogP contribution in [0, 0.1) is 41.4 Å². The monoisotopic (exact) mass is 328 g/mol. The van der Waals surface area contributed by atoms with Crippen molar-refractivity contribution in [1.82, 2.24) is 0 Å². The highest BCUT2D eigenvalue weighted by Crippen LogP contribution is 2.73. The average Bonchev–Trinajstić information content (AvgIpc) is 3.42. The maximum Gasteiger partial charge on any atom is 0.119 e. The van der Waals surface area contributed by atoms with Crippen LogP contribution in [0.2, 0.25) is 0 Å². The van der Waals surface area contributed by atoms with E-state index in [0.717, 1.165) is 53.1 Å². The molecule has 4 bridgehead atoms. The molecule has 0 aromatic heterocycles. The molecule has 5 aliphatic carbocycles. The standard InChI is InChI=1S/C24H24O/c1-25-16-6-7-17-12(9-16)2-3-15-10-18-19-11-20(24(18)21(15)17)23-14-5-4-13(8-14)22(19)23/h2-7,9,13-14,18-20,22-24H,8,10-11H2,1H3. The molecule has 5 aliphatic rings. The van der Waals surface area contributed by atoms with E-state index in [0.29, 0.717) is 0 Å². The Balaban J connectivity index is 1.40. The molecule has 0 saturated heterocycles. The highest BCUT2D eigenvalue weighted by atomic mass is 16.5. The van der Waals surface area contributed by atoms with Gasteiger partial charge in [-0.05, 0) is 101 Å². The van der Waals surface area contributed by atoms with Gasteiger partial charge in [-0.2, -0.15) is 0 Å². The molecule has 8 atom stereocenters. The predicted octanol–water partition coefficient (Wildman–Crippen LogP) is 5.19. The van der Waals surface area contributed by atoms with Crippen molar-refractivity contribution in [3.8, 4) is 5.75 Å². The van der Waals surface area contributed by atoms with Gasteiger partial charge in [-0.1, -0.05) is 30.4 Å². The number of benzene rings is 2. The Morgan fingerprint density at radius 1 is 0.880 bits per heavy atom. The molecular formula is C24H24O. The Morgan fingerprint density at radius 2 is 1.72 bits per heavy atom. The van der Waals surface area contributed by atoms with Gasteiger partial charge in [0.05, 0.1) is 7.11 Å². The third kappa shape index (κ3) is 1.45. The highest BCUT2D eigenvalue weighted by Gasteiger charge is 2.66. The summed E-state index contributed by atoms with van der Waals surface area (Å²) in [6, 6.07) is 11.5. The molecule has 25 heavy (non-hydrogen) atoms. The van der Waals surface area contributed by atoms with E-state index in [4.69, 9.17) is 4.74 Å². The lowest BCUT2D eigenvalue weighted by Gasteiger charge is -2.39. The summed E-state index contributed by atoms with van der Waals surface area (Å²) in [6.07, 6.45) is 9.48. The van der Waals surface area contributed by atoms with Crippen molar-refractivity contribution >= 4 is 10.8 Å². The van der Waals surface area contributed by atoms with Gasteiger partial charge in [0.15, 0.2) is 0 Å². The van der Waals surface area contributed by atoms with Crippen LogP contribution in [-0.4, -0.2) is 7.11 Å². The second kappa shape index (κ2) is 4.31. The molecule has 7 rings (SSSR count). The number of fused-ring (bicyclic) bond motifs is 16. The van der Waals surface area contributed by atoms with E-state index in [1.54, 1.807) is 18.2 Å². The van der Waals surface area contributed by atoms with E-state index in [2.05, 4.69) is 42.5 Å². The molecule has 3 saturated carbocycles. The minimum atomic E-state index is 0.839. The first-order valence-corrected chi connectivity index (χ1v) is 10.1.